The summed E-state index contributed by atoms with van der Waals surface area (Å²) in [6.07, 6.45) is 5.29. The van der Waals surface area contributed by atoms with Gasteiger partial charge in [0.25, 0.3) is 0 Å². The molecule has 1 atom stereocenters. The summed E-state index contributed by atoms with van der Waals surface area (Å²) in [7, 11) is 2.15. The van der Waals surface area contributed by atoms with Crippen LogP contribution in [0.5, 0.6) is 0 Å². The van der Waals surface area contributed by atoms with Crippen molar-refractivity contribution >= 4 is 0 Å². The minimum atomic E-state index is 0.178. The lowest BCUT2D eigenvalue weighted by atomic mass is 9.70. The molecule has 1 aliphatic carbocycles. The van der Waals surface area contributed by atoms with E-state index in [2.05, 4.69) is 51.9 Å². The molecule has 0 spiro atoms. The molecule has 1 saturated carbocycles. The van der Waals surface area contributed by atoms with Gasteiger partial charge in [-0.05, 0) is 58.9 Å². The van der Waals surface area contributed by atoms with Crippen LogP contribution in [0.4, 0.5) is 0 Å². The molecule has 1 fully saturated rings. The molecular formula is C17H36N2O. The van der Waals surface area contributed by atoms with Crippen molar-refractivity contribution in [2.24, 2.45) is 11.3 Å². The Labute approximate surface area is 126 Å². The second-order valence-corrected chi connectivity index (χ2v) is 8.23. The van der Waals surface area contributed by atoms with Crippen LogP contribution < -0.4 is 5.32 Å². The molecule has 0 aromatic rings. The highest BCUT2D eigenvalue weighted by Crippen LogP contribution is 2.39. The van der Waals surface area contributed by atoms with Crippen LogP contribution in [-0.4, -0.2) is 48.3 Å². The monoisotopic (exact) mass is 284 g/mol. The van der Waals surface area contributed by atoms with E-state index in [1.165, 1.54) is 25.7 Å². The van der Waals surface area contributed by atoms with Gasteiger partial charge in [-0.15, -0.1) is 0 Å². The highest BCUT2D eigenvalue weighted by atomic mass is 16.3. The average Bonchev–Trinajstić information content (AvgIpc) is 2.38. The Bertz CT molecular complexity index is 277. The molecule has 0 aromatic carbocycles. The van der Waals surface area contributed by atoms with Crippen molar-refractivity contribution in [3.8, 4) is 0 Å². The molecule has 0 amide bonds. The predicted molar refractivity (Wildman–Crippen MR) is 87.0 cm³/mol. The summed E-state index contributed by atoms with van der Waals surface area (Å²) in [6, 6.07) is 0.251. The number of hydrogen-bond acceptors (Lipinski definition) is 3. The number of nitrogens with zero attached hydrogens (tertiary/aromatic N) is 1. The largest absolute Gasteiger partial charge is 0.395 e. The molecule has 20 heavy (non-hydrogen) atoms. The van der Waals surface area contributed by atoms with Crippen molar-refractivity contribution in [2.75, 3.05) is 26.7 Å². The Morgan fingerprint density at radius 1 is 1.30 bits per heavy atom. The molecular weight excluding hydrogens is 248 g/mol. The zero-order valence-electron chi connectivity index (χ0n) is 14.5. The molecule has 0 bridgehead atoms. The van der Waals surface area contributed by atoms with Crippen LogP contribution in [0.2, 0.25) is 0 Å². The van der Waals surface area contributed by atoms with Crippen LogP contribution in [0.1, 0.15) is 60.3 Å². The van der Waals surface area contributed by atoms with Gasteiger partial charge >= 0.3 is 0 Å². The van der Waals surface area contributed by atoms with Gasteiger partial charge in [0, 0.05) is 24.7 Å². The summed E-state index contributed by atoms with van der Waals surface area (Å²) in [5.74, 6) is 0.873. The molecule has 1 rings (SSSR count). The van der Waals surface area contributed by atoms with Gasteiger partial charge in [-0.25, -0.2) is 0 Å². The van der Waals surface area contributed by atoms with Gasteiger partial charge in [0.2, 0.25) is 0 Å². The number of nitrogens with one attached hydrogen (secondary N) is 1. The molecule has 0 saturated heterocycles. The third-order valence-corrected chi connectivity index (χ3v) is 4.93. The Balaban J connectivity index is 2.69. The van der Waals surface area contributed by atoms with Crippen molar-refractivity contribution < 1.29 is 5.11 Å². The number of rotatable bonds is 6. The van der Waals surface area contributed by atoms with Crippen LogP contribution in [-0.2, 0) is 0 Å². The van der Waals surface area contributed by atoms with E-state index >= 15 is 0 Å². The molecule has 1 unspecified atom stereocenters. The van der Waals surface area contributed by atoms with Crippen molar-refractivity contribution in [2.45, 2.75) is 71.9 Å². The van der Waals surface area contributed by atoms with Crippen LogP contribution in [0, 0.1) is 11.3 Å². The molecule has 120 valence electrons. The van der Waals surface area contributed by atoms with E-state index in [-0.39, 0.29) is 18.2 Å². The Hall–Kier alpha value is -0.120. The lowest BCUT2D eigenvalue weighted by molar-refractivity contribution is 0.0600. The van der Waals surface area contributed by atoms with Crippen molar-refractivity contribution in [3.63, 3.8) is 0 Å². The maximum atomic E-state index is 9.36. The van der Waals surface area contributed by atoms with Gasteiger partial charge in [0.1, 0.15) is 0 Å². The number of aliphatic hydroxyl groups excluding tert-OH is 1. The van der Waals surface area contributed by atoms with Gasteiger partial charge < -0.3 is 15.3 Å². The predicted octanol–water partition coefficient (Wildman–Crippen LogP) is 2.88. The third kappa shape index (κ3) is 5.71. The smallest absolute Gasteiger partial charge is 0.0584 e. The molecule has 3 heteroatoms. The fourth-order valence-electron chi connectivity index (χ4n) is 3.04. The van der Waals surface area contributed by atoms with Crippen molar-refractivity contribution in [1.82, 2.24) is 10.2 Å². The van der Waals surface area contributed by atoms with Gasteiger partial charge in [0.15, 0.2) is 0 Å². The van der Waals surface area contributed by atoms with E-state index in [4.69, 9.17) is 0 Å². The Morgan fingerprint density at radius 3 is 2.30 bits per heavy atom. The first kappa shape index (κ1) is 17.9. The van der Waals surface area contributed by atoms with Gasteiger partial charge in [-0.2, -0.15) is 0 Å². The zero-order valence-corrected chi connectivity index (χ0v) is 14.5. The van der Waals surface area contributed by atoms with Crippen LogP contribution in [0.25, 0.3) is 0 Å². The summed E-state index contributed by atoms with van der Waals surface area (Å²) in [5, 5.41) is 13.1. The van der Waals surface area contributed by atoms with Crippen LogP contribution >= 0.6 is 0 Å². The van der Waals surface area contributed by atoms with Gasteiger partial charge in [-0.1, -0.05) is 19.8 Å². The molecule has 0 aromatic heterocycles. The molecule has 1 aliphatic rings. The molecule has 2 N–H and O–H groups in total. The normalized spacial score (nSPS) is 29.7. The van der Waals surface area contributed by atoms with E-state index in [1.54, 1.807) is 0 Å². The Kier molecular flexibility index (Phi) is 6.49. The van der Waals surface area contributed by atoms with E-state index < -0.39 is 0 Å². The number of aliphatic hydroxyl groups is 1. The zero-order chi connectivity index (χ0) is 15.4. The molecule has 0 heterocycles. The summed E-state index contributed by atoms with van der Waals surface area (Å²) in [5.41, 5.74) is 0.551. The summed E-state index contributed by atoms with van der Waals surface area (Å²) < 4.78 is 0. The summed E-state index contributed by atoms with van der Waals surface area (Å²) >= 11 is 0. The standard InChI is InChI=1S/C17H36N2O/c1-14-7-9-17(10-8-14,12-18-16(3,4)5)13-19(6)15(2)11-20/h14-15,18,20H,7-13H2,1-6H3. The second kappa shape index (κ2) is 7.24. The highest BCUT2D eigenvalue weighted by molar-refractivity contribution is 4.91. The Morgan fingerprint density at radius 2 is 1.85 bits per heavy atom. The third-order valence-electron chi connectivity index (χ3n) is 4.93. The first-order valence-corrected chi connectivity index (χ1v) is 8.24. The van der Waals surface area contributed by atoms with Crippen LogP contribution in [0.15, 0.2) is 0 Å². The second-order valence-electron chi connectivity index (χ2n) is 8.23. The lowest BCUT2D eigenvalue weighted by Gasteiger charge is -2.44. The number of hydrogen-bond donors (Lipinski definition) is 2. The van der Waals surface area contributed by atoms with Gasteiger partial charge in [-0.3, -0.25) is 0 Å². The maximum absolute atomic E-state index is 9.36. The summed E-state index contributed by atoms with van der Waals surface area (Å²) in [4.78, 5) is 2.33. The van der Waals surface area contributed by atoms with E-state index in [0.29, 0.717) is 5.41 Å². The quantitative estimate of drug-likeness (QED) is 0.787. The molecule has 0 radical (unpaired) electrons. The minimum Gasteiger partial charge on any atom is -0.395 e. The summed E-state index contributed by atoms with van der Waals surface area (Å²) in [6.45, 7) is 13.6. The first-order valence-electron chi connectivity index (χ1n) is 8.24. The van der Waals surface area contributed by atoms with Crippen molar-refractivity contribution in [1.29, 1.82) is 0 Å². The lowest BCUT2D eigenvalue weighted by Crippen LogP contribution is -2.51. The SMILES string of the molecule is CC1CCC(CNC(C)(C)C)(CN(C)C(C)CO)CC1. The van der Waals surface area contributed by atoms with E-state index in [1.807, 2.05) is 0 Å². The number of likely N-dealkylation sites (N-methyl/N-ethyl adjacent to an activating group) is 1. The fraction of sp³-hybridized carbons (Fsp3) is 1.00. The minimum absolute atomic E-state index is 0.178. The topological polar surface area (TPSA) is 35.5 Å². The van der Waals surface area contributed by atoms with Gasteiger partial charge in [0.05, 0.1) is 6.61 Å². The van der Waals surface area contributed by atoms with Crippen molar-refractivity contribution in [3.05, 3.63) is 0 Å². The molecule has 0 aliphatic heterocycles. The van der Waals surface area contributed by atoms with E-state index in [0.717, 1.165) is 19.0 Å². The average molecular weight is 284 g/mol. The van der Waals surface area contributed by atoms with Crippen LogP contribution in [0.3, 0.4) is 0 Å². The van der Waals surface area contributed by atoms with E-state index in [9.17, 15) is 5.11 Å². The first-order chi connectivity index (χ1) is 9.17. The molecule has 3 nitrogen and oxygen atoms in total. The maximum Gasteiger partial charge on any atom is 0.0584 e. The highest BCUT2D eigenvalue weighted by Gasteiger charge is 2.36. The fourth-order valence-corrected chi connectivity index (χ4v) is 3.04.